The van der Waals surface area contributed by atoms with Crippen LogP contribution in [-0.2, 0) is 6.42 Å². The monoisotopic (exact) mass is 340 g/mol. The van der Waals surface area contributed by atoms with Crippen molar-refractivity contribution in [1.82, 2.24) is 4.98 Å². The number of aromatic nitrogens is 1. The number of benzene rings is 2. The number of hydrogen-bond acceptors (Lipinski definition) is 4. The molecule has 3 aromatic rings. The van der Waals surface area contributed by atoms with Crippen LogP contribution in [0.25, 0.3) is 10.9 Å². The smallest absolute Gasteiger partial charge is 0.248 e. The van der Waals surface area contributed by atoms with E-state index in [1.165, 1.54) is 0 Å². The summed E-state index contributed by atoms with van der Waals surface area (Å²) in [5.74, 6) is -0.426. The molecular weight excluding hydrogens is 324 g/mol. The van der Waals surface area contributed by atoms with E-state index >= 15 is 0 Å². The Balaban J connectivity index is 1.76. The van der Waals surface area contributed by atoms with Crippen molar-refractivity contribution < 1.29 is 4.79 Å². The van der Waals surface area contributed by atoms with Crippen LogP contribution >= 0.6 is 11.6 Å². The quantitative estimate of drug-likeness (QED) is 0.621. The third kappa shape index (κ3) is 3.26. The average molecular weight is 341 g/mol. The summed E-state index contributed by atoms with van der Waals surface area (Å²) in [5, 5.41) is 4.57. The van der Waals surface area contributed by atoms with E-state index in [1.54, 1.807) is 12.1 Å². The molecule has 0 atom stereocenters. The number of carbonyl (C=O) groups excluding carboxylic acids is 1. The lowest BCUT2D eigenvalue weighted by Gasteiger charge is -2.13. The number of pyridine rings is 1. The molecule has 1 amide bonds. The lowest BCUT2D eigenvalue weighted by molar-refractivity contribution is 0.100. The fourth-order valence-corrected chi connectivity index (χ4v) is 2.74. The zero-order valence-corrected chi connectivity index (χ0v) is 13.7. The first-order chi connectivity index (χ1) is 11.6. The number of nitrogens with two attached hydrogens (primary N) is 2. The van der Waals surface area contributed by atoms with E-state index in [2.05, 4.69) is 10.3 Å². The number of nitrogens with zero attached hydrogens (tertiary/aromatic N) is 1. The first kappa shape index (κ1) is 16.1. The van der Waals surface area contributed by atoms with Crippen LogP contribution < -0.4 is 16.8 Å². The summed E-state index contributed by atoms with van der Waals surface area (Å²) < 4.78 is 0. The largest absolute Gasteiger partial charge is 0.395 e. The number of amides is 1. The molecule has 0 unspecified atom stereocenters. The topological polar surface area (TPSA) is 94.0 Å². The SMILES string of the molecule is NC(=O)c1ccc(CCNc2c(N)c(Cl)nc3ccccc23)cc1. The molecule has 0 aliphatic carbocycles. The third-order valence-corrected chi connectivity index (χ3v) is 4.13. The molecule has 0 aliphatic rings. The second-order valence-electron chi connectivity index (χ2n) is 5.45. The summed E-state index contributed by atoms with van der Waals surface area (Å²) in [5.41, 5.74) is 14.9. The zero-order valence-electron chi connectivity index (χ0n) is 12.9. The van der Waals surface area contributed by atoms with Crippen molar-refractivity contribution in [2.24, 2.45) is 5.73 Å². The van der Waals surface area contributed by atoms with Gasteiger partial charge in [-0.05, 0) is 30.2 Å². The highest BCUT2D eigenvalue weighted by atomic mass is 35.5. The fraction of sp³-hybridized carbons (Fsp3) is 0.111. The highest BCUT2D eigenvalue weighted by molar-refractivity contribution is 6.33. The second kappa shape index (κ2) is 6.76. The van der Waals surface area contributed by atoms with Crippen molar-refractivity contribution in [2.75, 3.05) is 17.6 Å². The van der Waals surface area contributed by atoms with E-state index in [1.807, 2.05) is 36.4 Å². The molecule has 122 valence electrons. The number of halogens is 1. The Hall–Kier alpha value is -2.79. The third-order valence-electron chi connectivity index (χ3n) is 3.84. The lowest BCUT2D eigenvalue weighted by Crippen LogP contribution is -2.11. The number of anilines is 2. The molecule has 5 nitrogen and oxygen atoms in total. The predicted octanol–water partition coefficient (Wildman–Crippen LogP) is 3.22. The Morgan fingerprint density at radius 1 is 1.12 bits per heavy atom. The minimum atomic E-state index is -0.426. The molecular formula is C18H17ClN4O. The van der Waals surface area contributed by atoms with E-state index < -0.39 is 5.91 Å². The fourth-order valence-electron chi connectivity index (χ4n) is 2.55. The Bertz CT molecular complexity index is 893. The van der Waals surface area contributed by atoms with Gasteiger partial charge in [0.1, 0.15) is 0 Å². The van der Waals surface area contributed by atoms with E-state index in [0.717, 1.165) is 28.6 Å². The van der Waals surface area contributed by atoms with Gasteiger partial charge in [0.15, 0.2) is 5.15 Å². The summed E-state index contributed by atoms with van der Waals surface area (Å²) >= 11 is 6.12. The maximum atomic E-state index is 11.1. The number of rotatable bonds is 5. The predicted molar refractivity (Wildman–Crippen MR) is 98.3 cm³/mol. The van der Waals surface area contributed by atoms with Crippen LogP contribution in [0, 0.1) is 0 Å². The molecule has 5 N–H and O–H groups in total. The van der Waals surface area contributed by atoms with E-state index in [9.17, 15) is 4.79 Å². The van der Waals surface area contributed by atoms with Crippen molar-refractivity contribution in [3.63, 3.8) is 0 Å². The van der Waals surface area contributed by atoms with Gasteiger partial charge in [-0.25, -0.2) is 4.98 Å². The Morgan fingerprint density at radius 2 is 1.83 bits per heavy atom. The first-order valence-electron chi connectivity index (χ1n) is 7.52. The number of carbonyl (C=O) groups is 1. The Labute approximate surface area is 144 Å². The van der Waals surface area contributed by atoms with Crippen LogP contribution in [0.4, 0.5) is 11.4 Å². The molecule has 1 heterocycles. The van der Waals surface area contributed by atoms with Crippen LogP contribution in [0.2, 0.25) is 5.15 Å². The number of fused-ring (bicyclic) bond motifs is 1. The maximum Gasteiger partial charge on any atom is 0.248 e. The number of para-hydroxylation sites is 1. The number of nitrogens with one attached hydrogen (secondary N) is 1. The number of primary amides is 1. The van der Waals surface area contributed by atoms with Gasteiger partial charge >= 0.3 is 0 Å². The van der Waals surface area contributed by atoms with E-state index in [-0.39, 0.29) is 0 Å². The molecule has 0 saturated heterocycles. The van der Waals surface area contributed by atoms with Crippen molar-refractivity contribution in [3.05, 3.63) is 64.8 Å². The molecule has 2 aromatic carbocycles. The molecule has 1 aromatic heterocycles. The summed E-state index contributed by atoms with van der Waals surface area (Å²) in [6.07, 6.45) is 0.771. The molecule has 0 radical (unpaired) electrons. The maximum absolute atomic E-state index is 11.1. The molecule has 0 bridgehead atoms. The van der Waals surface area contributed by atoms with Gasteiger partial charge in [0.05, 0.1) is 16.9 Å². The van der Waals surface area contributed by atoms with Gasteiger partial charge < -0.3 is 16.8 Å². The van der Waals surface area contributed by atoms with Crippen molar-refractivity contribution in [2.45, 2.75) is 6.42 Å². The second-order valence-corrected chi connectivity index (χ2v) is 5.80. The molecule has 0 saturated carbocycles. The highest BCUT2D eigenvalue weighted by Crippen LogP contribution is 2.33. The summed E-state index contributed by atoms with van der Waals surface area (Å²) in [4.78, 5) is 15.4. The lowest BCUT2D eigenvalue weighted by atomic mass is 10.1. The molecule has 6 heteroatoms. The number of hydrogen-bond donors (Lipinski definition) is 3. The van der Waals surface area contributed by atoms with Crippen LogP contribution in [0.1, 0.15) is 15.9 Å². The van der Waals surface area contributed by atoms with Crippen molar-refractivity contribution in [1.29, 1.82) is 0 Å². The molecule has 0 fully saturated rings. The minimum absolute atomic E-state index is 0.294. The van der Waals surface area contributed by atoms with Gasteiger partial charge in [-0.3, -0.25) is 4.79 Å². The van der Waals surface area contributed by atoms with Crippen LogP contribution in [0.5, 0.6) is 0 Å². The average Bonchev–Trinajstić information content (AvgIpc) is 2.58. The molecule has 0 aliphatic heterocycles. The Kier molecular flexibility index (Phi) is 4.53. The van der Waals surface area contributed by atoms with Crippen LogP contribution in [-0.4, -0.2) is 17.4 Å². The van der Waals surface area contributed by atoms with Crippen LogP contribution in [0.15, 0.2) is 48.5 Å². The van der Waals surface area contributed by atoms with Crippen LogP contribution in [0.3, 0.4) is 0 Å². The van der Waals surface area contributed by atoms with Gasteiger partial charge in [-0.15, -0.1) is 0 Å². The van der Waals surface area contributed by atoms with Gasteiger partial charge in [-0.1, -0.05) is 41.9 Å². The molecule has 0 spiro atoms. The summed E-state index contributed by atoms with van der Waals surface area (Å²) in [6.45, 7) is 0.671. The molecule has 24 heavy (non-hydrogen) atoms. The number of nitrogen functional groups attached to an aromatic ring is 1. The van der Waals surface area contributed by atoms with E-state index in [4.69, 9.17) is 23.1 Å². The summed E-state index contributed by atoms with van der Waals surface area (Å²) in [7, 11) is 0. The Morgan fingerprint density at radius 3 is 2.54 bits per heavy atom. The highest BCUT2D eigenvalue weighted by Gasteiger charge is 2.10. The van der Waals surface area contributed by atoms with Gasteiger partial charge in [-0.2, -0.15) is 0 Å². The first-order valence-corrected chi connectivity index (χ1v) is 7.90. The van der Waals surface area contributed by atoms with E-state index in [0.29, 0.717) is 22.9 Å². The summed E-state index contributed by atoms with van der Waals surface area (Å²) in [6, 6.07) is 14.9. The van der Waals surface area contributed by atoms with Gasteiger partial charge in [0.2, 0.25) is 5.91 Å². The van der Waals surface area contributed by atoms with Gasteiger partial charge in [0.25, 0.3) is 0 Å². The zero-order chi connectivity index (χ0) is 17.1. The molecule has 3 rings (SSSR count). The van der Waals surface area contributed by atoms with Crippen molar-refractivity contribution >= 4 is 39.8 Å². The standard InChI is InChI=1S/C18H17ClN4O/c19-17-15(20)16(13-3-1-2-4-14(13)23-17)22-10-9-11-5-7-12(8-6-11)18(21)24/h1-8H,9-10,20H2,(H2,21,24)(H,22,23). The normalized spacial score (nSPS) is 10.7. The van der Waals surface area contributed by atoms with Gasteiger partial charge in [0, 0.05) is 17.5 Å². The van der Waals surface area contributed by atoms with Crippen molar-refractivity contribution in [3.8, 4) is 0 Å². The minimum Gasteiger partial charge on any atom is -0.395 e.